The van der Waals surface area contributed by atoms with E-state index in [-0.39, 0.29) is 5.89 Å². The van der Waals surface area contributed by atoms with Crippen LogP contribution in [0.1, 0.15) is 28.8 Å². The van der Waals surface area contributed by atoms with Crippen LogP contribution < -0.4 is 0 Å². The summed E-state index contributed by atoms with van der Waals surface area (Å²) < 4.78 is 4.71. The minimum Gasteiger partial charge on any atom is -0.331 e. The second kappa shape index (κ2) is 3.26. The molecule has 1 aliphatic rings. The number of aromatic nitrogens is 2. The molecule has 1 aromatic heterocycles. The van der Waals surface area contributed by atoms with Crippen LogP contribution in [0.25, 0.3) is 0 Å². The number of hydrogen-bond donors (Lipinski definition) is 0. The van der Waals surface area contributed by atoms with Gasteiger partial charge >= 0.3 is 0 Å². The van der Waals surface area contributed by atoms with Gasteiger partial charge in [-0.2, -0.15) is 4.98 Å². The molecule has 0 aliphatic carbocycles. The molecule has 2 heterocycles. The number of likely N-dealkylation sites (N-methyl/N-ethyl adjacent to an activating group) is 1. The quantitative estimate of drug-likeness (QED) is 0.614. The SMILES string of the molecule is CN1CCC(c2noc(C=O)n2)C1. The Balaban J connectivity index is 2.12. The lowest BCUT2D eigenvalue weighted by Crippen LogP contribution is -2.13. The van der Waals surface area contributed by atoms with E-state index in [0.29, 0.717) is 18.0 Å². The number of carbonyl (C=O) groups excluding carboxylic acids is 1. The van der Waals surface area contributed by atoms with Crippen LogP contribution in [-0.4, -0.2) is 41.5 Å². The lowest BCUT2D eigenvalue weighted by atomic mass is 10.1. The molecule has 0 amide bonds. The molecule has 1 unspecified atom stereocenters. The van der Waals surface area contributed by atoms with Crippen molar-refractivity contribution in [2.75, 3.05) is 20.1 Å². The zero-order valence-electron chi connectivity index (χ0n) is 7.43. The van der Waals surface area contributed by atoms with Gasteiger partial charge in [0, 0.05) is 12.5 Å². The molecular formula is C8H11N3O2. The molecule has 13 heavy (non-hydrogen) atoms. The highest BCUT2D eigenvalue weighted by atomic mass is 16.5. The fourth-order valence-electron chi connectivity index (χ4n) is 1.61. The lowest BCUT2D eigenvalue weighted by molar-refractivity contribution is 0.108. The maximum absolute atomic E-state index is 10.3. The Bertz CT molecular complexity index is 310. The smallest absolute Gasteiger partial charge is 0.290 e. The standard InChI is InChI=1S/C8H11N3O2/c1-11-3-2-6(4-11)8-9-7(5-12)13-10-8/h5-6H,2-4H2,1H3. The Morgan fingerprint density at radius 3 is 3.08 bits per heavy atom. The van der Waals surface area contributed by atoms with Crippen molar-refractivity contribution in [3.63, 3.8) is 0 Å². The maximum atomic E-state index is 10.3. The van der Waals surface area contributed by atoms with Gasteiger partial charge in [-0.3, -0.25) is 4.79 Å². The molecule has 1 aliphatic heterocycles. The fraction of sp³-hybridized carbons (Fsp3) is 0.625. The molecule has 0 saturated carbocycles. The molecule has 5 heteroatoms. The van der Waals surface area contributed by atoms with Crippen molar-refractivity contribution >= 4 is 6.29 Å². The molecule has 0 spiro atoms. The lowest BCUT2D eigenvalue weighted by Gasteiger charge is -2.05. The van der Waals surface area contributed by atoms with E-state index >= 15 is 0 Å². The highest BCUT2D eigenvalue weighted by Gasteiger charge is 2.25. The van der Waals surface area contributed by atoms with Crippen molar-refractivity contribution in [1.82, 2.24) is 15.0 Å². The van der Waals surface area contributed by atoms with Gasteiger partial charge in [0.2, 0.25) is 6.29 Å². The topological polar surface area (TPSA) is 59.2 Å². The number of nitrogens with zero attached hydrogens (tertiary/aromatic N) is 3. The highest BCUT2D eigenvalue weighted by Crippen LogP contribution is 2.23. The van der Waals surface area contributed by atoms with Crippen LogP contribution in [0.5, 0.6) is 0 Å². The maximum Gasteiger partial charge on any atom is 0.290 e. The van der Waals surface area contributed by atoms with Gasteiger partial charge in [-0.15, -0.1) is 0 Å². The predicted molar refractivity (Wildman–Crippen MR) is 44.5 cm³/mol. The van der Waals surface area contributed by atoms with E-state index in [4.69, 9.17) is 4.52 Å². The Morgan fingerprint density at radius 2 is 2.54 bits per heavy atom. The van der Waals surface area contributed by atoms with Crippen molar-refractivity contribution in [1.29, 1.82) is 0 Å². The third kappa shape index (κ3) is 1.60. The van der Waals surface area contributed by atoms with Crippen LogP contribution in [0.3, 0.4) is 0 Å². The summed E-state index contributed by atoms with van der Waals surface area (Å²) in [4.78, 5) is 16.5. The molecule has 1 fully saturated rings. The summed E-state index contributed by atoms with van der Waals surface area (Å²) in [6.45, 7) is 1.99. The second-order valence-corrected chi connectivity index (χ2v) is 3.36. The first-order valence-corrected chi connectivity index (χ1v) is 4.27. The summed E-state index contributed by atoms with van der Waals surface area (Å²) >= 11 is 0. The van der Waals surface area contributed by atoms with Gasteiger partial charge in [0.1, 0.15) is 0 Å². The van der Waals surface area contributed by atoms with Crippen molar-refractivity contribution in [2.24, 2.45) is 0 Å². The number of hydrogen-bond acceptors (Lipinski definition) is 5. The van der Waals surface area contributed by atoms with Gasteiger partial charge in [-0.05, 0) is 20.0 Å². The van der Waals surface area contributed by atoms with Crippen LogP contribution in [-0.2, 0) is 0 Å². The molecule has 0 aromatic carbocycles. The number of rotatable bonds is 2. The summed E-state index contributed by atoms with van der Waals surface area (Å²) in [6, 6.07) is 0. The molecule has 1 aromatic rings. The van der Waals surface area contributed by atoms with Crippen LogP contribution >= 0.6 is 0 Å². The zero-order chi connectivity index (χ0) is 9.26. The van der Waals surface area contributed by atoms with Gasteiger partial charge in [0.05, 0.1) is 0 Å². The van der Waals surface area contributed by atoms with Crippen LogP contribution in [0.2, 0.25) is 0 Å². The molecule has 70 valence electrons. The first-order valence-electron chi connectivity index (χ1n) is 4.27. The molecule has 2 rings (SSSR count). The van der Waals surface area contributed by atoms with E-state index in [0.717, 1.165) is 19.5 Å². The summed E-state index contributed by atoms with van der Waals surface area (Å²) in [7, 11) is 2.06. The minimum absolute atomic E-state index is 0.0737. The van der Waals surface area contributed by atoms with E-state index in [9.17, 15) is 4.79 Å². The first kappa shape index (κ1) is 8.37. The monoisotopic (exact) mass is 181 g/mol. The Hall–Kier alpha value is -1.23. The highest BCUT2D eigenvalue weighted by molar-refractivity contribution is 5.66. The second-order valence-electron chi connectivity index (χ2n) is 3.36. The average Bonchev–Trinajstić information content (AvgIpc) is 2.71. The van der Waals surface area contributed by atoms with E-state index in [1.165, 1.54) is 0 Å². The van der Waals surface area contributed by atoms with Crippen LogP contribution in [0.15, 0.2) is 4.52 Å². The molecule has 5 nitrogen and oxygen atoms in total. The molecule has 0 radical (unpaired) electrons. The van der Waals surface area contributed by atoms with Gasteiger partial charge in [-0.25, -0.2) is 0 Å². The van der Waals surface area contributed by atoms with Gasteiger partial charge in [0.25, 0.3) is 5.89 Å². The molecule has 1 saturated heterocycles. The third-order valence-electron chi connectivity index (χ3n) is 2.31. The first-order chi connectivity index (χ1) is 6.29. The number of aldehydes is 1. The normalized spacial score (nSPS) is 23.6. The summed E-state index contributed by atoms with van der Waals surface area (Å²) in [5, 5.41) is 3.76. The largest absolute Gasteiger partial charge is 0.331 e. The molecule has 1 atom stereocenters. The molecule has 0 bridgehead atoms. The average molecular weight is 181 g/mol. The van der Waals surface area contributed by atoms with Crippen molar-refractivity contribution in [2.45, 2.75) is 12.3 Å². The van der Waals surface area contributed by atoms with E-state index < -0.39 is 0 Å². The predicted octanol–water partition coefficient (Wildman–Crippen LogP) is 0.301. The number of carbonyl (C=O) groups is 1. The van der Waals surface area contributed by atoms with Gasteiger partial charge in [-0.1, -0.05) is 5.16 Å². The summed E-state index contributed by atoms with van der Waals surface area (Å²) in [6.07, 6.45) is 1.61. The van der Waals surface area contributed by atoms with E-state index in [2.05, 4.69) is 22.1 Å². The van der Waals surface area contributed by atoms with Crippen molar-refractivity contribution < 1.29 is 9.32 Å². The summed E-state index contributed by atoms with van der Waals surface area (Å²) in [5.41, 5.74) is 0. The third-order valence-corrected chi connectivity index (χ3v) is 2.31. The zero-order valence-corrected chi connectivity index (χ0v) is 7.43. The van der Waals surface area contributed by atoms with Gasteiger partial charge in [0.15, 0.2) is 5.82 Å². The molecular weight excluding hydrogens is 170 g/mol. The van der Waals surface area contributed by atoms with E-state index in [1.54, 1.807) is 0 Å². The van der Waals surface area contributed by atoms with Gasteiger partial charge < -0.3 is 9.42 Å². The Labute approximate surface area is 75.7 Å². The van der Waals surface area contributed by atoms with E-state index in [1.807, 2.05) is 0 Å². The van der Waals surface area contributed by atoms with Crippen molar-refractivity contribution in [3.8, 4) is 0 Å². The fourth-order valence-corrected chi connectivity index (χ4v) is 1.61. The van der Waals surface area contributed by atoms with Crippen LogP contribution in [0, 0.1) is 0 Å². The Morgan fingerprint density at radius 1 is 1.69 bits per heavy atom. The summed E-state index contributed by atoms with van der Waals surface area (Å²) in [5.74, 6) is 1.05. The number of likely N-dealkylation sites (tertiary alicyclic amines) is 1. The Kier molecular flexibility index (Phi) is 2.10. The minimum atomic E-state index is 0.0737. The van der Waals surface area contributed by atoms with Crippen molar-refractivity contribution in [3.05, 3.63) is 11.7 Å². The molecule has 0 N–H and O–H groups in total. The van der Waals surface area contributed by atoms with Crippen LogP contribution in [0.4, 0.5) is 0 Å².